The second kappa shape index (κ2) is 3.50. The highest BCUT2D eigenvalue weighted by atomic mass is 19.4. The Kier molecular flexibility index (Phi) is 2.40. The Balaban J connectivity index is 2.33. The summed E-state index contributed by atoms with van der Waals surface area (Å²) < 4.78 is 37.9. The van der Waals surface area contributed by atoms with Crippen molar-refractivity contribution in [2.24, 2.45) is 5.92 Å². The van der Waals surface area contributed by atoms with Gasteiger partial charge >= 0.3 is 12.1 Å². The standard InChI is InChI=1S/C11H9F3O2/c12-11(13,14)9-4-2-1-3-6(9)7-5-8(7)10(15)16/h1-4,7-8H,5H2,(H,15,16)/t7-,8+/m1/s1. The lowest BCUT2D eigenvalue weighted by Gasteiger charge is -2.11. The van der Waals surface area contributed by atoms with Gasteiger partial charge in [0.2, 0.25) is 0 Å². The van der Waals surface area contributed by atoms with E-state index in [-0.39, 0.29) is 5.56 Å². The summed E-state index contributed by atoms with van der Waals surface area (Å²) in [7, 11) is 0. The van der Waals surface area contributed by atoms with Crippen LogP contribution in [0.2, 0.25) is 0 Å². The van der Waals surface area contributed by atoms with Crippen molar-refractivity contribution >= 4 is 5.97 Å². The molecule has 1 fully saturated rings. The normalized spacial score (nSPS) is 24.2. The van der Waals surface area contributed by atoms with Crippen LogP contribution in [-0.2, 0) is 11.0 Å². The first-order valence-corrected chi connectivity index (χ1v) is 4.80. The molecule has 1 saturated carbocycles. The molecule has 0 amide bonds. The molecule has 0 aliphatic heterocycles. The monoisotopic (exact) mass is 230 g/mol. The molecule has 1 aliphatic carbocycles. The molecular formula is C11H9F3O2. The largest absolute Gasteiger partial charge is 0.481 e. The van der Waals surface area contributed by atoms with Gasteiger partial charge in [-0.05, 0) is 24.0 Å². The molecule has 0 radical (unpaired) electrons. The third-order valence-electron chi connectivity index (χ3n) is 2.77. The maximum atomic E-state index is 12.6. The Morgan fingerprint density at radius 3 is 2.44 bits per heavy atom. The van der Waals surface area contributed by atoms with Gasteiger partial charge in [-0.15, -0.1) is 0 Å². The molecule has 1 aliphatic rings. The molecule has 0 bridgehead atoms. The number of carboxylic acids is 1. The van der Waals surface area contributed by atoms with Crippen molar-refractivity contribution in [2.75, 3.05) is 0 Å². The van der Waals surface area contributed by atoms with Crippen molar-refractivity contribution in [3.63, 3.8) is 0 Å². The first kappa shape index (κ1) is 11.0. The Hall–Kier alpha value is -1.52. The maximum Gasteiger partial charge on any atom is 0.416 e. The van der Waals surface area contributed by atoms with Crippen LogP contribution in [0, 0.1) is 5.92 Å². The maximum absolute atomic E-state index is 12.6. The zero-order valence-corrected chi connectivity index (χ0v) is 8.16. The van der Waals surface area contributed by atoms with E-state index in [9.17, 15) is 18.0 Å². The molecule has 2 rings (SSSR count). The third kappa shape index (κ3) is 1.89. The predicted octanol–water partition coefficient (Wildman–Crippen LogP) is 2.89. The Labute approximate surface area is 89.7 Å². The summed E-state index contributed by atoms with van der Waals surface area (Å²) in [5.41, 5.74) is -0.619. The topological polar surface area (TPSA) is 37.3 Å². The molecule has 1 aromatic rings. The lowest BCUT2D eigenvalue weighted by atomic mass is 10.0. The minimum Gasteiger partial charge on any atom is -0.481 e. The van der Waals surface area contributed by atoms with Crippen LogP contribution in [0.4, 0.5) is 13.2 Å². The van der Waals surface area contributed by atoms with Crippen molar-refractivity contribution in [1.29, 1.82) is 0 Å². The first-order chi connectivity index (χ1) is 7.41. The fraction of sp³-hybridized carbons (Fsp3) is 0.364. The molecule has 0 unspecified atom stereocenters. The SMILES string of the molecule is O=C(O)[C@H]1C[C@@H]1c1ccccc1C(F)(F)F. The number of benzene rings is 1. The summed E-state index contributed by atoms with van der Waals surface area (Å²) in [5, 5.41) is 8.70. The Bertz CT molecular complexity index is 425. The molecule has 2 nitrogen and oxygen atoms in total. The quantitative estimate of drug-likeness (QED) is 0.848. The number of carboxylic acid groups (broad SMARTS) is 1. The van der Waals surface area contributed by atoms with Gasteiger partial charge in [0.1, 0.15) is 0 Å². The molecule has 16 heavy (non-hydrogen) atoms. The highest BCUT2D eigenvalue weighted by molar-refractivity contribution is 5.75. The number of aliphatic carboxylic acids is 1. The highest BCUT2D eigenvalue weighted by Gasteiger charge is 2.47. The van der Waals surface area contributed by atoms with E-state index in [1.807, 2.05) is 0 Å². The van der Waals surface area contributed by atoms with Crippen LogP contribution in [0.25, 0.3) is 0 Å². The minimum absolute atomic E-state index is 0.0994. The lowest BCUT2D eigenvalue weighted by molar-refractivity contribution is -0.140. The molecule has 0 heterocycles. The van der Waals surface area contributed by atoms with Crippen LogP contribution in [0.3, 0.4) is 0 Å². The van der Waals surface area contributed by atoms with E-state index >= 15 is 0 Å². The van der Waals surface area contributed by atoms with E-state index < -0.39 is 29.5 Å². The van der Waals surface area contributed by atoms with Crippen LogP contribution in [0.15, 0.2) is 24.3 Å². The number of alkyl halides is 3. The molecule has 5 heteroatoms. The summed E-state index contributed by atoms with van der Waals surface area (Å²) in [5.74, 6) is -2.18. The average Bonchev–Trinajstić information content (AvgIpc) is 2.95. The molecule has 0 saturated heterocycles. The summed E-state index contributed by atoms with van der Waals surface area (Å²) in [6.45, 7) is 0. The Morgan fingerprint density at radius 1 is 1.31 bits per heavy atom. The van der Waals surface area contributed by atoms with Crippen molar-refractivity contribution in [2.45, 2.75) is 18.5 Å². The van der Waals surface area contributed by atoms with Gasteiger partial charge in [0.15, 0.2) is 0 Å². The van der Waals surface area contributed by atoms with Crippen LogP contribution in [0.1, 0.15) is 23.5 Å². The molecule has 2 atom stereocenters. The summed E-state index contributed by atoms with van der Waals surface area (Å²) >= 11 is 0. The summed E-state index contributed by atoms with van der Waals surface area (Å²) in [6, 6.07) is 5.16. The molecule has 1 aromatic carbocycles. The lowest BCUT2D eigenvalue weighted by Crippen LogP contribution is -2.09. The van der Waals surface area contributed by atoms with Gasteiger partial charge < -0.3 is 5.11 Å². The van der Waals surface area contributed by atoms with Gasteiger partial charge in [0, 0.05) is 0 Å². The van der Waals surface area contributed by atoms with Gasteiger partial charge in [0.05, 0.1) is 11.5 Å². The van der Waals surface area contributed by atoms with Gasteiger partial charge in [-0.1, -0.05) is 18.2 Å². The molecule has 1 N–H and O–H groups in total. The van der Waals surface area contributed by atoms with E-state index in [1.54, 1.807) is 0 Å². The number of rotatable bonds is 2. The van der Waals surface area contributed by atoms with Crippen LogP contribution < -0.4 is 0 Å². The van der Waals surface area contributed by atoms with E-state index in [1.165, 1.54) is 18.2 Å². The van der Waals surface area contributed by atoms with Crippen molar-refractivity contribution < 1.29 is 23.1 Å². The van der Waals surface area contributed by atoms with Gasteiger partial charge in [-0.2, -0.15) is 13.2 Å². The van der Waals surface area contributed by atoms with Crippen LogP contribution in [0.5, 0.6) is 0 Å². The highest BCUT2D eigenvalue weighted by Crippen LogP contribution is 2.50. The molecular weight excluding hydrogens is 221 g/mol. The fourth-order valence-electron chi connectivity index (χ4n) is 1.89. The fourth-order valence-corrected chi connectivity index (χ4v) is 1.89. The average molecular weight is 230 g/mol. The van der Waals surface area contributed by atoms with Crippen molar-refractivity contribution in [1.82, 2.24) is 0 Å². The summed E-state index contributed by atoms with van der Waals surface area (Å²) in [4.78, 5) is 10.6. The summed E-state index contributed by atoms with van der Waals surface area (Å²) in [6.07, 6.45) is -4.12. The van der Waals surface area contributed by atoms with Gasteiger partial charge in [-0.3, -0.25) is 4.79 Å². The predicted molar refractivity (Wildman–Crippen MR) is 49.9 cm³/mol. The minimum atomic E-state index is -4.41. The number of hydrogen-bond acceptors (Lipinski definition) is 1. The third-order valence-corrected chi connectivity index (χ3v) is 2.77. The Morgan fingerprint density at radius 2 is 1.94 bits per heavy atom. The van der Waals surface area contributed by atoms with Crippen molar-refractivity contribution in [3.8, 4) is 0 Å². The smallest absolute Gasteiger partial charge is 0.416 e. The number of carbonyl (C=O) groups is 1. The zero-order chi connectivity index (χ0) is 11.9. The van der Waals surface area contributed by atoms with Gasteiger partial charge in [0.25, 0.3) is 0 Å². The van der Waals surface area contributed by atoms with E-state index in [0.717, 1.165) is 6.07 Å². The van der Waals surface area contributed by atoms with E-state index in [0.29, 0.717) is 6.42 Å². The number of halogens is 3. The second-order valence-electron chi connectivity index (χ2n) is 3.87. The molecule has 0 spiro atoms. The molecule has 0 aromatic heterocycles. The zero-order valence-electron chi connectivity index (χ0n) is 8.16. The van der Waals surface area contributed by atoms with E-state index in [2.05, 4.69) is 0 Å². The number of hydrogen-bond donors (Lipinski definition) is 1. The second-order valence-corrected chi connectivity index (χ2v) is 3.87. The van der Waals surface area contributed by atoms with E-state index in [4.69, 9.17) is 5.11 Å². The van der Waals surface area contributed by atoms with Crippen LogP contribution >= 0.6 is 0 Å². The van der Waals surface area contributed by atoms with Crippen LogP contribution in [-0.4, -0.2) is 11.1 Å². The molecule has 86 valence electrons. The van der Waals surface area contributed by atoms with Crippen molar-refractivity contribution in [3.05, 3.63) is 35.4 Å². The first-order valence-electron chi connectivity index (χ1n) is 4.80. The van der Waals surface area contributed by atoms with Gasteiger partial charge in [-0.25, -0.2) is 0 Å².